The van der Waals surface area contributed by atoms with E-state index in [1.54, 1.807) is 29.2 Å². The first-order valence-corrected chi connectivity index (χ1v) is 6.57. The molecule has 3 rings (SSSR count). The molecule has 3 heterocycles. The summed E-state index contributed by atoms with van der Waals surface area (Å²) in [4.78, 5) is 12.7. The van der Waals surface area contributed by atoms with Gasteiger partial charge >= 0.3 is 0 Å². The van der Waals surface area contributed by atoms with Gasteiger partial charge in [0.2, 0.25) is 0 Å². The van der Waals surface area contributed by atoms with Crippen molar-refractivity contribution in [3.63, 3.8) is 0 Å². The zero-order valence-corrected chi connectivity index (χ0v) is 12.2. The third-order valence-corrected chi connectivity index (χ3v) is 3.40. The predicted octanol–water partition coefficient (Wildman–Crippen LogP) is 2.94. The van der Waals surface area contributed by atoms with Crippen LogP contribution >= 0.6 is 11.6 Å². The fourth-order valence-corrected chi connectivity index (χ4v) is 2.25. The standard InChI is InChI=1S/C14H11ClN6/c1-8-3-9(5-16)17-6-11(8)19-12-4-10(15)13-14(20-12)21(2)7-18-13/h3-4,6-7H,1-2H3,(H,19,20). The molecule has 0 aliphatic carbocycles. The second-order valence-electron chi connectivity index (χ2n) is 4.64. The molecule has 21 heavy (non-hydrogen) atoms. The maximum absolute atomic E-state index is 8.83. The zero-order valence-electron chi connectivity index (χ0n) is 11.4. The normalized spacial score (nSPS) is 10.6. The first-order chi connectivity index (χ1) is 10.1. The fraction of sp³-hybridized carbons (Fsp3) is 0.143. The van der Waals surface area contributed by atoms with Crippen molar-refractivity contribution in [2.45, 2.75) is 6.92 Å². The maximum atomic E-state index is 8.83. The molecular formula is C14H11ClN6. The average Bonchev–Trinajstić information content (AvgIpc) is 2.83. The Morgan fingerprint density at radius 1 is 1.33 bits per heavy atom. The Balaban J connectivity index is 2.02. The highest BCUT2D eigenvalue weighted by atomic mass is 35.5. The minimum Gasteiger partial charge on any atom is -0.339 e. The van der Waals surface area contributed by atoms with Crippen LogP contribution in [-0.4, -0.2) is 19.5 Å². The van der Waals surface area contributed by atoms with Crippen molar-refractivity contribution in [1.29, 1.82) is 5.26 Å². The lowest BCUT2D eigenvalue weighted by molar-refractivity contribution is 0.931. The summed E-state index contributed by atoms with van der Waals surface area (Å²) in [7, 11) is 1.86. The van der Waals surface area contributed by atoms with Crippen molar-refractivity contribution in [2.24, 2.45) is 7.05 Å². The molecule has 0 radical (unpaired) electrons. The molecule has 6 nitrogen and oxygen atoms in total. The number of pyridine rings is 2. The molecule has 3 aromatic heterocycles. The van der Waals surface area contributed by atoms with Gasteiger partial charge < -0.3 is 9.88 Å². The number of anilines is 2. The second kappa shape index (κ2) is 5.04. The number of hydrogen-bond donors (Lipinski definition) is 1. The van der Waals surface area contributed by atoms with E-state index in [2.05, 4.69) is 20.3 Å². The topological polar surface area (TPSA) is 79.4 Å². The van der Waals surface area contributed by atoms with Gasteiger partial charge in [0.25, 0.3) is 0 Å². The Labute approximate surface area is 126 Å². The molecule has 3 aromatic rings. The quantitative estimate of drug-likeness (QED) is 0.787. The van der Waals surface area contributed by atoms with Gasteiger partial charge in [0.05, 0.1) is 23.2 Å². The summed E-state index contributed by atoms with van der Waals surface area (Å²) in [5.74, 6) is 0.603. The van der Waals surface area contributed by atoms with Crippen LogP contribution < -0.4 is 5.32 Å². The Kier molecular flexibility index (Phi) is 3.20. The van der Waals surface area contributed by atoms with Crippen LogP contribution in [0.4, 0.5) is 11.5 Å². The summed E-state index contributed by atoms with van der Waals surface area (Å²) in [5.41, 5.74) is 3.43. The van der Waals surface area contributed by atoms with E-state index in [9.17, 15) is 0 Å². The van der Waals surface area contributed by atoms with Crippen molar-refractivity contribution in [2.75, 3.05) is 5.32 Å². The van der Waals surface area contributed by atoms with E-state index in [1.807, 2.05) is 20.0 Å². The molecule has 0 aliphatic rings. The van der Waals surface area contributed by atoms with Crippen LogP contribution in [0.2, 0.25) is 5.02 Å². The van der Waals surface area contributed by atoms with Gasteiger partial charge in [-0.2, -0.15) is 5.26 Å². The molecule has 0 spiro atoms. The smallest absolute Gasteiger partial charge is 0.163 e. The van der Waals surface area contributed by atoms with E-state index in [1.165, 1.54) is 0 Å². The largest absolute Gasteiger partial charge is 0.339 e. The van der Waals surface area contributed by atoms with E-state index >= 15 is 0 Å². The van der Waals surface area contributed by atoms with Crippen LogP contribution in [0, 0.1) is 18.3 Å². The third kappa shape index (κ3) is 2.39. The molecule has 0 aliphatic heterocycles. The van der Waals surface area contributed by atoms with Crippen LogP contribution in [-0.2, 0) is 7.05 Å². The van der Waals surface area contributed by atoms with Gasteiger partial charge in [-0.05, 0) is 18.6 Å². The lowest BCUT2D eigenvalue weighted by atomic mass is 10.2. The molecule has 0 aromatic carbocycles. The van der Waals surface area contributed by atoms with Crippen molar-refractivity contribution >= 4 is 34.3 Å². The molecule has 0 fully saturated rings. The number of nitrogens with zero attached hydrogens (tertiary/aromatic N) is 5. The molecule has 0 amide bonds. The van der Waals surface area contributed by atoms with Crippen LogP contribution in [0.3, 0.4) is 0 Å². The number of fused-ring (bicyclic) bond motifs is 1. The third-order valence-electron chi connectivity index (χ3n) is 3.11. The summed E-state index contributed by atoms with van der Waals surface area (Å²) in [6, 6.07) is 5.44. The number of nitrogens with one attached hydrogen (secondary N) is 1. The van der Waals surface area contributed by atoms with Gasteiger partial charge in [0.1, 0.15) is 23.1 Å². The monoisotopic (exact) mass is 298 g/mol. The fourth-order valence-electron chi connectivity index (χ4n) is 2.01. The van der Waals surface area contributed by atoms with Gasteiger partial charge in [-0.25, -0.2) is 15.0 Å². The molecule has 0 saturated carbocycles. The average molecular weight is 299 g/mol. The first-order valence-electron chi connectivity index (χ1n) is 6.20. The predicted molar refractivity (Wildman–Crippen MR) is 80.5 cm³/mol. The lowest BCUT2D eigenvalue weighted by Crippen LogP contribution is -1.99. The number of halogens is 1. The van der Waals surface area contributed by atoms with E-state index in [0.717, 1.165) is 11.3 Å². The number of rotatable bonds is 2. The van der Waals surface area contributed by atoms with Gasteiger partial charge in [0, 0.05) is 13.1 Å². The number of aromatic nitrogens is 4. The Morgan fingerprint density at radius 2 is 2.14 bits per heavy atom. The van der Waals surface area contributed by atoms with Gasteiger partial charge in [0.15, 0.2) is 5.65 Å². The summed E-state index contributed by atoms with van der Waals surface area (Å²) in [6.07, 6.45) is 3.28. The maximum Gasteiger partial charge on any atom is 0.163 e. The second-order valence-corrected chi connectivity index (χ2v) is 5.05. The summed E-state index contributed by atoms with van der Waals surface area (Å²) < 4.78 is 1.80. The summed E-state index contributed by atoms with van der Waals surface area (Å²) in [6.45, 7) is 1.90. The Bertz CT molecular complexity index is 877. The molecule has 0 saturated heterocycles. The molecule has 0 unspecified atom stereocenters. The van der Waals surface area contributed by atoms with Crippen LogP contribution in [0.1, 0.15) is 11.3 Å². The van der Waals surface area contributed by atoms with Crippen LogP contribution in [0.5, 0.6) is 0 Å². The number of aryl methyl sites for hydroxylation is 2. The molecule has 1 N–H and O–H groups in total. The van der Waals surface area contributed by atoms with Crippen LogP contribution in [0.25, 0.3) is 11.2 Å². The summed E-state index contributed by atoms with van der Waals surface area (Å²) in [5, 5.41) is 12.5. The van der Waals surface area contributed by atoms with Crippen molar-refractivity contribution in [3.8, 4) is 6.07 Å². The molecule has 0 atom stereocenters. The Hall–Kier alpha value is -2.65. The van der Waals surface area contributed by atoms with E-state index < -0.39 is 0 Å². The van der Waals surface area contributed by atoms with Gasteiger partial charge in [-0.15, -0.1) is 0 Å². The highest BCUT2D eigenvalue weighted by Crippen LogP contribution is 2.26. The zero-order chi connectivity index (χ0) is 15.0. The highest BCUT2D eigenvalue weighted by molar-refractivity contribution is 6.35. The number of hydrogen-bond acceptors (Lipinski definition) is 5. The molecule has 0 bridgehead atoms. The molecular weight excluding hydrogens is 288 g/mol. The van der Waals surface area contributed by atoms with Crippen molar-refractivity contribution in [1.82, 2.24) is 19.5 Å². The lowest BCUT2D eigenvalue weighted by Gasteiger charge is -2.09. The molecule has 7 heteroatoms. The van der Waals surface area contributed by atoms with Crippen molar-refractivity contribution in [3.05, 3.63) is 40.9 Å². The first kappa shape index (κ1) is 13.3. The van der Waals surface area contributed by atoms with E-state index in [4.69, 9.17) is 16.9 Å². The number of nitriles is 1. The highest BCUT2D eigenvalue weighted by Gasteiger charge is 2.10. The van der Waals surface area contributed by atoms with Gasteiger partial charge in [-0.3, -0.25) is 0 Å². The van der Waals surface area contributed by atoms with E-state index in [-0.39, 0.29) is 0 Å². The molecule has 104 valence electrons. The SMILES string of the molecule is Cc1cc(C#N)ncc1Nc1cc(Cl)c2ncn(C)c2n1. The van der Waals surface area contributed by atoms with Crippen molar-refractivity contribution < 1.29 is 0 Å². The van der Waals surface area contributed by atoms with Gasteiger partial charge in [-0.1, -0.05) is 11.6 Å². The minimum atomic E-state index is 0.381. The van der Waals surface area contributed by atoms with E-state index in [0.29, 0.717) is 27.7 Å². The Morgan fingerprint density at radius 3 is 2.86 bits per heavy atom. The summed E-state index contributed by atoms with van der Waals surface area (Å²) >= 11 is 6.21. The number of imidazole rings is 1. The van der Waals surface area contributed by atoms with Crippen LogP contribution in [0.15, 0.2) is 24.7 Å². The minimum absolute atomic E-state index is 0.381.